The number of hydrogen-bond acceptors (Lipinski definition) is 3. The van der Waals surface area contributed by atoms with Gasteiger partial charge in [0.15, 0.2) is 0 Å². The molecule has 1 heterocycles. The minimum absolute atomic E-state index is 0.206. The molecule has 1 aromatic carbocycles. The molecule has 1 aliphatic heterocycles. The monoisotopic (exact) mass is 290 g/mol. The Morgan fingerprint density at radius 3 is 2.86 bits per heavy atom. The fourth-order valence-corrected chi connectivity index (χ4v) is 2.50. The fourth-order valence-electron chi connectivity index (χ4n) is 2.50. The van der Waals surface area contributed by atoms with E-state index >= 15 is 0 Å². The van der Waals surface area contributed by atoms with Gasteiger partial charge < -0.3 is 15.0 Å². The molecule has 4 heteroatoms. The van der Waals surface area contributed by atoms with Crippen LogP contribution in [-0.4, -0.2) is 35.7 Å². The summed E-state index contributed by atoms with van der Waals surface area (Å²) in [6, 6.07) is 8.84. The van der Waals surface area contributed by atoms with Crippen molar-refractivity contribution < 1.29 is 9.53 Å². The van der Waals surface area contributed by atoms with Crippen molar-refractivity contribution >= 4 is 6.09 Å². The highest BCUT2D eigenvalue weighted by atomic mass is 16.6. The van der Waals surface area contributed by atoms with Crippen LogP contribution in [0.2, 0.25) is 0 Å². The van der Waals surface area contributed by atoms with Gasteiger partial charge in [0, 0.05) is 25.7 Å². The molecule has 0 saturated carbocycles. The molecule has 0 spiro atoms. The van der Waals surface area contributed by atoms with E-state index in [1.165, 1.54) is 11.1 Å². The van der Waals surface area contributed by atoms with Crippen LogP contribution in [0.4, 0.5) is 4.79 Å². The summed E-state index contributed by atoms with van der Waals surface area (Å²) in [4.78, 5) is 13.8. The van der Waals surface area contributed by atoms with Gasteiger partial charge in [-0.1, -0.05) is 29.8 Å². The van der Waals surface area contributed by atoms with Crippen molar-refractivity contribution in [1.29, 1.82) is 0 Å². The molecule has 1 unspecified atom stereocenters. The van der Waals surface area contributed by atoms with Gasteiger partial charge in [-0.05, 0) is 39.7 Å². The number of nitrogens with zero attached hydrogens (tertiary/aromatic N) is 1. The molecule has 1 atom stereocenters. The lowest BCUT2D eigenvalue weighted by atomic mass is 10.1. The lowest BCUT2D eigenvalue weighted by molar-refractivity contribution is 0.0291. The average molecular weight is 290 g/mol. The molecule has 1 aromatic rings. The highest BCUT2D eigenvalue weighted by Crippen LogP contribution is 2.15. The van der Waals surface area contributed by atoms with E-state index < -0.39 is 5.60 Å². The third-order valence-electron chi connectivity index (χ3n) is 3.52. The first-order valence-electron chi connectivity index (χ1n) is 7.60. The van der Waals surface area contributed by atoms with Gasteiger partial charge in [0.2, 0.25) is 0 Å². The van der Waals surface area contributed by atoms with Crippen molar-refractivity contribution in [3.8, 4) is 0 Å². The Morgan fingerprint density at radius 2 is 2.19 bits per heavy atom. The zero-order valence-electron chi connectivity index (χ0n) is 13.5. The summed E-state index contributed by atoms with van der Waals surface area (Å²) >= 11 is 0. The zero-order valence-corrected chi connectivity index (χ0v) is 13.5. The molecular formula is C17H26N2O2. The summed E-state index contributed by atoms with van der Waals surface area (Å²) in [5, 5.41) is 3.52. The molecule has 1 aliphatic rings. The summed E-state index contributed by atoms with van der Waals surface area (Å²) < 4.78 is 5.41. The van der Waals surface area contributed by atoms with Crippen molar-refractivity contribution in [3.63, 3.8) is 0 Å². The van der Waals surface area contributed by atoms with Crippen molar-refractivity contribution in [2.24, 2.45) is 0 Å². The van der Waals surface area contributed by atoms with E-state index in [2.05, 4.69) is 36.5 Å². The molecule has 21 heavy (non-hydrogen) atoms. The number of ether oxygens (including phenoxy) is 1. The van der Waals surface area contributed by atoms with Crippen LogP contribution in [0.1, 0.15) is 38.3 Å². The molecule has 0 bridgehead atoms. The molecule has 1 amide bonds. The largest absolute Gasteiger partial charge is 0.444 e. The highest BCUT2D eigenvalue weighted by Gasteiger charge is 2.29. The van der Waals surface area contributed by atoms with Crippen LogP contribution >= 0.6 is 0 Å². The van der Waals surface area contributed by atoms with Crippen LogP contribution in [0.15, 0.2) is 24.3 Å². The third-order valence-corrected chi connectivity index (χ3v) is 3.52. The SMILES string of the molecule is Cc1cccc(CNC2CCN(C(=O)OC(C)(C)C)C2)c1. The van der Waals surface area contributed by atoms with E-state index in [-0.39, 0.29) is 6.09 Å². The van der Waals surface area contributed by atoms with Gasteiger partial charge in [-0.2, -0.15) is 0 Å². The van der Waals surface area contributed by atoms with Crippen molar-refractivity contribution in [1.82, 2.24) is 10.2 Å². The maximum absolute atomic E-state index is 12.0. The molecule has 0 aromatic heterocycles. The quantitative estimate of drug-likeness (QED) is 0.930. The van der Waals surface area contributed by atoms with E-state index in [0.717, 1.165) is 26.1 Å². The van der Waals surface area contributed by atoms with Crippen molar-refractivity contribution in [2.75, 3.05) is 13.1 Å². The maximum Gasteiger partial charge on any atom is 0.410 e. The van der Waals surface area contributed by atoms with Crippen LogP contribution in [0.25, 0.3) is 0 Å². The summed E-state index contributed by atoms with van der Waals surface area (Å²) in [5.74, 6) is 0. The van der Waals surface area contributed by atoms with Gasteiger partial charge in [-0.3, -0.25) is 0 Å². The predicted octanol–water partition coefficient (Wildman–Crippen LogP) is 3.09. The Balaban J connectivity index is 1.79. The van der Waals surface area contributed by atoms with Crippen LogP contribution in [-0.2, 0) is 11.3 Å². The Morgan fingerprint density at radius 1 is 1.43 bits per heavy atom. The van der Waals surface area contributed by atoms with Crippen LogP contribution in [0.3, 0.4) is 0 Å². The topological polar surface area (TPSA) is 41.6 Å². The predicted molar refractivity (Wildman–Crippen MR) is 84.2 cm³/mol. The number of likely N-dealkylation sites (tertiary alicyclic amines) is 1. The lowest BCUT2D eigenvalue weighted by Crippen LogP contribution is -2.38. The molecule has 0 radical (unpaired) electrons. The highest BCUT2D eigenvalue weighted by molar-refractivity contribution is 5.68. The van der Waals surface area contributed by atoms with Crippen molar-refractivity contribution in [3.05, 3.63) is 35.4 Å². The van der Waals surface area contributed by atoms with E-state index in [1.54, 1.807) is 4.90 Å². The summed E-state index contributed by atoms with van der Waals surface area (Å²) in [6.45, 7) is 10.1. The van der Waals surface area contributed by atoms with Gasteiger partial charge in [-0.25, -0.2) is 4.79 Å². The summed E-state index contributed by atoms with van der Waals surface area (Å²) in [7, 11) is 0. The molecule has 1 N–H and O–H groups in total. The van der Waals surface area contributed by atoms with Gasteiger partial charge in [-0.15, -0.1) is 0 Å². The van der Waals surface area contributed by atoms with Crippen molar-refractivity contribution in [2.45, 2.75) is 52.3 Å². The molecule has 1 fully saturated rings. The van der Waals surface area contributed by atoms with E-state index in [1.807, 2.05) is 20.8 Å². The number of hydrogen-bond donors (Lipinski definition) is 1. The summed E-state index contributed by atoms with van der Waals surface area (Å²) in [6.07, 6.45) is 0.771. The molecule has 116 valence electrons. The minimum atomic E-state index is -0.426. The summed E-state index contributed by atoms with van der Waals surface area (Å²) in [5.41, 5.74) is 2.13. The van der Waals surface area contributed by atoms with Crippen LogP contribution in [0, 0.1) is 6.92 Å². The van der Waals surface area contributed by atoms with E-state index in [9.17, 15) is 4.79 Å². The standard InChI is InChI=1S/C17H26N2O2/c1-13-6-5-7-14(10-13)11-18-15-8-9-19(12-15)16(20)21-17(2,3)4/h5-7,10,15,18H,8-9,11-12H2,1-4H3. The first kappa shape index (κ1) is 15.8. The Hall–Kier alpha value is -1.55. The molecule has 1 saturated heterocycles. The first-order chi connectivity index (χ1) is 9.83. The zero-order chi connectivity index (χ0) is 15.5. The van der Waals surface area contributed by atoms with Gasteiger partial charge >= 0.3 is 6.09 Å². The van der Waals surface area contributed by atoms with Gasteiger partial charge in [0.1, 0.15) is 5.60 Å². The number of aryl methyl sites for hydroxylation is 1. The van der Waals surface area contributed by atoms with E-state index in [4.69, 9.17) is 4.74 Å². The van der Waals surface area contributed by atoms with E-state index in [0.29, 0.717) is 6.04 Å². The lowest BCUT2D eigenvalue weighted by Gasteiger charge is -2.24. The Kier molecular flexibility index (Phi) is 4.88. The average Bonchev–Trinajstić information content (AvgIpc) is 2.83. The molecule has 2 rings (SSSR count). The molecule has 4 nitrogen and oxygen atoms in total. The van der Waals surface area contributed by atoms with Gasteiger partial charge in [0.25, 0.3) is 0 Å². The normalized spacial score (nSPS) is 18.9. The maximum atomic E-state index is 12.0. The van der Waals surface area contributed by atoms with Crippen LogP contribution in [0.5, 0.6) is 0 Å². The number of nitrogens with one attached hydrogen (secondary N) is 1. The van der Waals surface area contributed by atoms with Crippen LogP contribution < -0.4 is 5.32 Å². The minimum Gasteiger partial charge on any atom is -0.444 e. The second kappa shape index (κ2) is 6.48. The second-order valence-electron chi connectivity index (χ2n) is 6.78. The second-order valence-corrected chi connectivity index (χ2v) is 6.78. The number of rotatable bonds is 3. The fraction of sp³-hybridized carbons (Fsp3) is 0.588. The Labute approximate surface area is 127 Å². The van der Waals surface area contributed by atoms with Gasteiger partial charge in [0.05, 0.1) is 0 Å². The number of amides is 1. The smallest absolute Gasteiger partial charge is 0.410 e. The molecule has 0 aliphatic carbocycles. The number of carbonyl (C=O) groups is 1. The molecular weight excluding hydrogens is 264 g/mol. The number of carbonyl (C=O) groups excluding carboxylic acids is 1. The number of benzene rings is 1. The first-order valence-corrected chi connectivity index (χ1v) is 7.60. The third kappa shape index (κ3) is 5.05. The Bertz CT molecular complexity index is 494.